The number of alkyl halides is 3. The zero-order chi connectivity index (χ0) is 23.3. The molecule has 1 saturated carbocycles. The maximum absolute atomic E-state index is 13.8. The van der Waals surface area contributed by atoms with Crippen LogP contribution in [0.1, 0.15) is 66.2 Å². The molecule has 1 saturated heterocycles. The molecule has 0 unspecified atom stereocenters. The molecule has 2 fully saturated rings. The standard InChI is InChI=1S/C24H26F3N3O3/c1-29-19-12-17(14-4-5-14)11-18(24(25,26)27)21(19)28-22(29)23(32)30-8-6-15(7-9-30)16-3-2-10-33-20(31)13-16/h3,11-12,14-15H,2,4-10,13H2,1H3. The first-order chi connectivity index (χ1) is 15.7. The molecule has 1 amide bonds. The van der Waals surface area contributed by atoms with Crippen LogP contribution in [0.4, 0.5) is 13.2 Å². The number of halogens is 3. The van der Waals surface area contributed by atoms with Crippen molar-refractivity contribution in [2.45, 2.75) is 50.6 Å². The fourth-order valence-electron chi connectivity index (χ4n) is 4.98. The van der Waals surface area contributed by atoms with Gasteiger partial charge in [-0.05, 0) is 61.6 Å². The van der Waals surface area contributed by atoms with Crippen LogP contribution in [0.5, 0.6) is 0 Å². The summed E-state index contributed by atoms with van der Waals surface area (Å²) in [5, 5.41) is 0. The molecule has 3 heterocycles. The van der Waals surface area contributed by atoms with Crippen molar-refractivity contribution < 1.29 is 27.5 Å². The number of hydrogen-bond acceptors (Lipinski definition) is 4. The second-order valence-electron chi connectivity index (χ2n) is 9.23. The first-order valence-electron chi connectivity index (χ1n) is 11.4. The van der Waals surface area contributed by atoms with Crippen LogP contribution in [-0.4, -0.2) is 46.0 Å². The Hall–Kier alpha value is -2.84. The summed E-state index contributed by atoms with van der Waals surface area (Å²) >= 11 is 0. The van der Waals surface area contributed by atoms with Crippen molar-refractivity contribution in [3.8, 4) is 0 Å². The summed E-state index contributed by atoms with van der Waals surface area (Å²) in [6.45, 7) is 1.34. The molecule has 5 rings (SSSR count). The van der Waals surface area contributed by atoms with Crippen molar-refractivity contribution in [3.63, 3.8) is 0 Å². The molecular formula is C24H26F3N3O3. The molecule has 33 heavy (non-hydrogen) atoms. The number of nitrogens with zero attached hydrogens (tertiary/aromatic N) is 3. The van der Waals surface area contributed by atoms with Crippen LogP contribution in [-0.2, 0) is 22.8 Å². The highest BCUT2D eigenvalue weighted by atomic mass is 19.4. The van der Waals surface area contributed by atoms with Crippen LogP contribution >= 0.6 is 0 Å². The average molecular weight is 461 g/mol. The predicted octanol–water partition coefficient (Wildman–Crippen LogP) is 4.59. The Morgan fingerprint density at radius 3 is 2.52 bits per heavy atom. The quantitative estimate of drug-likeness (QED) is 0.496. The maximum atomic E-state index is 13.8. The van der Waals surface area contributed by atoms with Gasteiger partial charge in [-0.25, -0.2) is 4.98 Å². The number of benzene rings is 1. The number of imidazole rings is 1. The molecule has 9 heteroatoms. The van der Waals surface area contributed by atoms with Crippen LogP contribution in [0, 0.1) is 5.92 Å². The Bertz CT molecular complexity index is 1140. The van der Waals surface area contributed by atoms with Gasteiger partial charge in [0.05, 0.1) is 24.1 Å². The fraction of sp³-hybridized carbons (Fsp3) is 0.542. The summed E-state index contributed by atoms with van der Waals surface area (Å²) in [6, 6.07) is 2.94. The van der Waals surface area contributed by atoms with Crippen LogP contribution in [0.15, 0.2) is 23.8 Å². The van der Waals surface area contributed by atoms with Crippen molar-refractivity contribution in [1.82, 2.24) is 14.5 Å². The van der Waals surface area contributed by atoms with E-state index in [1.54, 1.807) is 18.0 Å². The van der Waals surface area contributed by atoms with Gasteiger partial charge < -0.3 is 14.2 Å². The molecule has 3 aliphatic rings. The second-order valence-corrected chi connectivity index (χ2v) is 9.23. The van der Waals surface area contributed by atoms with Crippen molar-refractivity contribution in [1.29, 1.82) is 0 Å². The Morgan fingerprint density at radius 2 is 1.85 bits per heavy atom. The third-order valence-electron chi connectivity index (χ3n) is 7.00. The molecule has 1 aliphatic carbocycles. The van der Waals surface area contributed by atoms with Crippen LogP contribution in [0.2, 0.25) is 0 Å². The van der Waals surface area contributed by atoms with Crippen molar-refractivity contribution >= 4 is 22.9 Å². The van der Waals surface area contributed by atoms with Crippen molar-refractivity contribution in [2.75, 3.05) is 19.7 Å². The second kappa shape index (κ2) is 8.18. The molecule has 6 nitrogen and oxygen atoms in total. The van der Waals surface area contributed by atoms with Crippen molar-refractivity contribution in [2.24, 2.45) is 13.0 Å². The number of carbonyl (C=O) groups excluding carboxylic acids is 2. The van der Waals surface area contributed by atoms with Crippen LogP contribution in [0.3, 0.4) is 0 Å². The molecule has 0 bridgehead atoms. The molecular weight excluding hydrogens is 435 g/mol. The smallest absolute Gasteiger partial charge is 0.418 e. The number of hydrogen-bond donors (Lipinski definition) is 0. The number of fused-ring (bicyclic) bond motifs is 1. The van der Waals surface area contributed by atoms with Gasteiger partial charge in [0.15, 0.2) is 5.82 Å². The molecule has 0 spiro atoms. The van der Waals surface area contributed by atoms with E-state index in [1.165, 1.54) is 10.6 Å². The molecule has 2 aliphatic heterocycles. The number of piperidine rings is 1. The van der Waals surface area contributed by atoms with Gasteiger partial charge in [0.25, 0.3) is 5.91 Å². The summed E-state index contributed by atoms with van der Waals surface area (Å²) < 4.78 is 47.9. The van der Waals surface area contributed by atoms with E-state index in [-0.39, 0.29) is 41.5 Å². The average Bonchev–Trinajstić information content (AvgIpc) is 3.60. The minimum Gasteiger partial charge on any atom is -0.465 e. The third kappa shape index (κ3) is 4.25. The normalized spacial score (nSPS) is 20.5. The predicted molar refractivity (Wildman–Crippen MR) is 115 cm³/mol. The summed E-state index contributed by atoms with van der Waals surface area (Å²) in [5.41, 5.74) is 1.12. The fourth-order valence-corrected chi connectivity index (χ4v) is 4.98. The molecule has 0 radical (unpaired) electrons. The Balaban J connectivity index is 1.38. The Kier molecular flexibility index (Phi) is 5.45. The highest BCUT2D eigenvalue weighted by Gasteiger charge is 2.38. The largest absolute Gasteiger partial charge is 0.465 e. The minimum atomic E-state index is -4.54. The Labute approximate surface area is 189 Å². The molecule has 1 aromatic heterocycles. The topological polar surface area (TPSA) is 64.4 Å². The third-order valence-corrected chi connectivity index (χ3v) is 7.00. The van der Waals surface area contributed by atoms with Gasteiger partial charge in [-0.1, -0.05) is 11.6 Å². The van der Waals surface area contributed by atoms with E-state index >= 15 is 0 Å². The zero-order valence-electron chi connectivity index (χ0n) is 18.5. The van der Waals surface area contributed by atoms with Gasteiger partial charge in [0, 0.05) is 20.1 Å². The highest BCUT2D eigenvalue weighted by Crippen LogP contribution is 2.44. The number of ether oxygens (including phenoxy) is 1. The maximum Gasteiger partial charge on any atom is 0.418 e. The van der Waals surface area contributed by atoms with Crippen molar-refractivity contribution in [3.05, 3.63) is 40.7 Å². The lowest BCUT2D eigenvalue weighted by molar-refractivity contribution is -0.142. The van der Waals surface area contributed by atoms with E-state index in [9.17, 15) is 22.8 Å². The van der Waals surface area contributed by atoms with Gasteiger partial charge in [-0.2, -0.15) is 13.2 Å². The molecule has 2 aromatic rings. The van der Waals surface area contributed by atoms with E-state index in [1.807, 2.05) is 0 Å². The summed E-state index contributed by atoms with van der Waals surface area (Å²) in [6.07, 6.45) is 1.68. The summed E-state index contributed by atoms with van der Waals surface area (Å²) in [7, 11) is 1.61. The number of aryl methyl sites for hydroxylation is 1. The first-order valence-corrected chi connectivity index (χ1v) is 11.4. The lowest BCUT2D eigenvalue weighted by Gasteiger charge is -2.32. The van der Waals surface area contributed by atoms with Gasteiger partial charge in [-0.3, -0.25) is 9.59 Å². The highest BCUT2D eigenvalue weighted by molar-refractivity contribution is 5.96. The summed E-state index contributed by atoms with van der Waals surface area (Å²) in [5.74, 6) is -0.193. The lowest BCUT2D eigenvalue weighted by Crippen LogP contribution is -2.40. The number of amides is 1. The number of rotatable bonds is 3. The van der Waals surface area contributed by atoms with Gasteiger partial charge in [-0.15, -0.1) is 0 Å². The Morgan fingerprint density at radius 1 is 1.12 bits per heavy atom. The minimum absolute atomic E-state index is 0.0270. The molecule has 0 N–H and O–H groups in total. The number of aromatic nitrogens is 2. The van der Waals surface area contributed by atoms with Gasteiger partial charge in [0.2, 0.25) is 0 Å². The number of likely N-dealkylation sites (tertiary alicyclic amines) is 1. The lowest BCUT2D eigenvalue weighted by atomic mass is 9.87. The van der Waals surface area contributed by atoms with Crippen LogP contribution < -0.4 is 0 Å². The molecule has 176 valence electrons. The number of esters is 1. The first kappa shape index (κ1) is 22.0. The van der Waals surface area contributed by atoms with Gasteiger partial charge >= 0.3 is 12.1 Å². The number of carbonyl (C=O) groups is 2. The SMILES string of the molecule is Cn1c(C(=O)N2CCC(C3=CCCOC(=O)C3)CC2)nc2c(C(F)(F)F)cc(C3CC3)cc21. The summed E-state index contributed by atoms with van der Waals surface area (Å²) in [4.78, 5) is 30.9. The van der Waals surface area contributed by atoms with E-state index < -0.39 is 11.7 Å². The zero-order valence-corrected chi connectivity index (χ0v) is 18.5. The van der Waals surface area contributed by atoms with E-state index in [0.29, 0.717) is 50.0 Å². The molecule has 1 aromatic carbocycles. The number of cyclic esters (lactones) is 1. The van der Waals surface area contributed by atoms with Crippen LogP contribution in [0.25, 0.3) is 11.0 Å². The van der Waals surface area contributed by atoms with E-state index in [0.717, 1.165) is 18.4 Å². The van der Waals surface area contributed by atoms with E-state index in [2.05, 4.69) is 11.1 Å². The van der Waals surface area contributed by atoms with E-state index in [4.69, 9.17) is 4.74 Å². The monoisotopic (exact) mass is 461 g/mol. The molecule has 0 atom stereocenters. The van der Waals surface area contributed by atoms with Gasteiger partial charge in [0.1, 0.15) is 5.52 Å².